The number of piperidine rings is 1. The molecule has 3 fully saturated rings. The van der Waals surface area contributed by atoms with Crippen LogP contribution in [0.3, 0.4) is 0 Å². The van der Waals surface area contributed by atoms with Crippen LogP contribution in [0.25, 0.3) is 21.6 Å². The Morgan fingerprint density at radius 2 is 1.98 bits per heavy atom. The molecule has 3 aromatic rings. The van der Waals surface area contributed by atoms with Crippen LogP contribution >= 0.6 is 11.3 Å². The van der Waals surface area contributed by atoms with Crippen molar-refractivity contribution in [1.29, 1.82) is 0 Å². The summed E-state index contributed by atoms with van der Waals surface area (Å²) in [7, 11) is 0. The number of aromatic nitrogens is 3. The molecular formula is C26H23F6N5O5S. The predicted molar refractivity (Wildman–Crippen MR) is 136 cm³/mol. The number of carbonyl (C=O) groups is 3. The number of nitrogens with zero attached hydrogens (tertiary/aromatic N) is 4. The molecule has 1 saturated carbocycles. The average Bonchev–Trinajstić information content (AvgIpc) is 3.34. The maximum Gasteiger partial charge on any atom is 0.490 e. The van der Waals surface area contributed by atoms with Crippen LogP contribution < -0.4 is 5.32 Å². The molecule has 17 heteroatoms. The second-order valence-electron chi connectivity index (χ2n) is 11.1. The van der Waals surface area contributed by atoms with Gasteiger partial charge in [0.25, 0.3) is 5.91 Å². The summed E-state index contributed by atoms with van der Waals surface area (Å²) < 4.78 is 92.0. The van der Waals surface area contributed by atoms with E-state index < -0.39 is 58.9 Å². The second kappa shape index (κ2) is 9.72. The van der Waals surface area contributed by atoms with Crippen LogP contribution in [0.15, 0.2) is 24.5 Å². The summed E-state index contributed by atoms with van der Waals surface area (Å²) in [6, 6.07) is 3.02. The van der Waals surface area contributed by atoms with Crippen LogP contribution in [0.5, 0.6) is 0 Å². The highest BCUT2D eigenvalue weighted by molar-refractivity contribution is 7.19. The molecule has 6 rings (SSSR count). The molecule has 2 unspecified atom stereocenters. The summed E-state index contributed by atoms with van der Waals surface area (Å²) in [4.78, 5) is 47.3. The van der Waals surface area contributed by atoms with Crippen molar-refractivity contribution in [1.82, 2.24) is 24.8 Å². The van der Waals surface area contributed by atoms with Crippen molar-refractivity contribution >= 4 is 39.3 Å². The van der Waals surface area contributed by atoms with E-state index in [1.807, 2.05) is 0 Å². The summed E-state index contributed by atoms with van der Waals surface area (Å²) in [5, 5.41) is 3.13. The number of hydrogen-bond donors (Lipinski definition) is 1. The number of carbonyl (C=O) groups excluding carboxylic acids is 3. The number of esters is 1. The Bertz CT molecular complexity index is 1640. The van der Waals surface area contributed by atoms with Gasteiger partial charge in [-0.25, -0.2) is 9.78 Å². The van der Waals surface area contributed by atoms with Crippen LogP contribution in [0, 0.1) is 11.3 Å². The van der Waals surface area contributed by atoms with E-state index in [4.69, 9.17) is 4.74 Å². The summed E-state index contributed by atoms with van der Waals surface area (Å²) >= 11 is 1.04. The standard InChI is InChI=1S/C26H23F6N5O5S/c1-23(2)18-20(38)37(21(39)24(18,23)42-22(40)26(30,31)32)10-13-7-15-17(43-13)14(3-4-34-15)19-35-16(25(27,28)29)11-36(19)9-12-8-33-5-6-41-12/h3-4,7,11-12,18,33H,5-6,8-10H2,1-2H3/t12-,18?,24?/m0/s1. The average molecular weight is 632 g/mol. The highest BCUT2D eigenvalue weighted by atomic mass is 32.1. The molecule has 10 nitrogen and oxygen atoms in total. The number of imide groups is 1. The molecule has 1 aliphatic carbocycles. The molecule has 1 N–H and O–H groups in total. The van der Waals surface area contributed by atoms with Crippen LogP contribution in [-0.4, -0.2) is 74.8 Å². The zero-order valence-corrected chi connectivity index (χ0v) is 23.3. The summed E-state index contributed by atoms with van der Waals surface area (Å²) in [5.74, 6) is -5.70. The second-order valence-corrected chi connectivity index (χ2v) is 12.2. The van der Waals surface area contributed by atoms with Gasteiger partial charge in [0, 0.05) is 41.3 Å². The molecule has 0 radical (unpaired) electrons. The van der Waals surface area contributed by atoms with E-state index in [1.54, 1.807) is 0 Å². The number of hydrogen-bond acceptors (Lipinski definition) is 9. The third kappa shape index (κ3) is 4.68. The maximum atomic E-state index is 13.7. The molecule has 0 aromatic carbocycles. The predicted octanol–water partition coefficient (Wildman–Crippen LogP) is 3.54. The number of ether oxygens (including phenoxy) is 2. The Morgan fingerprint density at radius 1 is 1.23 bits per heavy atom. The number of alkyl halides is 6. The van der Waals surface area contributed by atoms with Gasteiger partial charge < -0.3 is 19.4 Å². The van der Waals surface area contributed by atoms with E-state index in [-0.39, 0.29) is 18.9 Å². The minimum absolute atomic E-state index is 0.0108. The molecule has 3 aromatic heterocycles. The molecule has 230 valence electrons. The fraction of sp³-hybridized carbons (Fsp3) is 0.500. The lowest BCUT2D eigenvalue weighted by Gasteiger charge is -2.24. The Kier molecular flexibility index (Phi) is 6.67. The van der Waals surface area contributed by atoms with Gasteiger partial charge in [-0.3, -0.25) is 19.5 Å². The van der Waals surface area contributed by atoms with Gasteiger partial charge in [0.15, 0.2) is 5.69 Å². The topological polar surface area (TPSA) is 116 Å². The van der Waals surface area contributed by atoms with Gasteiger partial charge in [-0.15, -0.1) is 11.3 Å². The van der Waals surface area contributed by atoms with Crippen molar-refractivity contribution in [2.45, 2.75) is 51.0 Å². The summed E-state index contributed by atoms with van der Waals surface area (Å²) in [6.07, 6.45) is -8.19. The van der Waals surface area contributed by atoms with E-state index in [0.29, 0.717) is 40.4 Å². The van der Waals surface area contributed by atoms with Gasteiger partial charge >= 0.3 is 18.3 Å². The van der Waals surface area contributed by atoms with Crippen molar-refractivity contribution < 1.29 is 50.2 Å². The third-order valence-electron chi connectivity index (χ3n) is 8.05. The quantitative estimate of drug-likeness (QED) is 0.250. The van der Waals surface area contributed by atoms with Gasteiger partial charge in [0.2, 0.25) is 11.5 Å². The van der Waals surface area contributed by atoms with Crippen molar-refractivity contribution in [3.05, 3.63) is 35.1 Å². The van der Waals surface area contributed by atoms with Gasteiger partial charge in [0.05, 0.1) is 41.9 Å². The molecule has 2 amide bonds. The van der Waals surface area contributed by atoms with Crippen LogP contribution in [0.1, 0.15) is 24.4 Å². The normalized spacial score (nSPS) is 25.3. The number of halogens is 6. The molecule has 2 saturated heterocycles. The summed E-state index contributed by atoms with van der Waals surface area (Å²) in [5.41, 5.74) is -4.04. The number of likely N-dealkylation sites (tertiary alicyclic amines) is 1. The molecule has 0 spiro atoms. The fourth-order valence-corrected chi connectivity index (χ4v) is 7.02. The Hall–Kier alpha value is -3.57. The van der Waals surface area contributed by atoms with Crippen molar-refractivity contribution in [3.8, 4) is 11.4 Å². The van der Waals surface area contributed by atoms with Crippen molar-refractivity contribution in [3.63, 3.8) is 0 Å². The first-order valence-electron chi connectivity index (χ1n) is 13.1. The van der Waals surface area contributed by atoms with Gasteiger partial charge in [0.1, 0.15) is 5.82 Å². The zero-order valence-electron chi connectivity index (χ0n) is 22.5. The van der Waals surface area contributed by atoms with Crippen LogP contribution in [0.2, 0.25) is 0 Å². The van der Waals surface area contributed by atoms with Gasteiger partial charge in [-0.05, 0) is 12.1 Å². The van der Waals surface area contributed by atoms with Crippen LogP contribution in [0.4, 0.5) is 26.3 Å². The molecular weight excluding hydrogens is 608 g/mol. The number of morpholine rings is 1. The SMILES string of the molecule is CC1(C)C2C(=O)N(Cc3cc4nccc(-c5nc(C(F)(F)F)cn5C[C@@H]5CNCCO5)c4s3)C(=O)C21OC(=O)C(F)(F)F. The third-order valence-corrected chi connectivity index (χ3v) is 9.19. The van der Waals surface area contributed by atoms with Crippen molar-refractivity contribution in [2.24, 2.45) is 11.3 Å². The summed E-state index contributed by atoms with van der Waals surface area (Å²) in [6.45, 7) is 3.92. The number of imidazole rings is 1. The first-order valence-corrected chi connectivity index (χ1v) is 13.9. The number of fused-ring (bicyclic) bond motifs is 2. The van der Waals surface area contributed by atoms with E-state index in [1.165, 1.54) is 36.7 Å². The molecule has 2 aliphatic heterocycles. The Morgan fingerprint density at radius 3 is 2.63 bits per heavy atom. The number of nitrogens with one attached hydrogen (secondary N) is 1. The smallest absolute Gasteiger partial charge is 0.441 e. The lowest BCUT2D eigenvalue weighted by Crippen LogP contribution is -2.45. The van der Waals surface area contributed by atoms with Gasteiger partial charge in [-0.1, -0.05) is 13.8 Å². The number of thiophene rings is 1. The highest BCUT2D eigenvalue weighted by Crippen LogP contribution is 2.69. The van der Waals surface area contributed by atoms with E-state index in [9.17, 15) is 40.7 Å². The van der Waals surface area contributed by atoms with Gasteiger partial charge in [-0.2, -0.15) is 26.3 Å². The first-order chi connectivity index (χ1) is 20.1. The van der Waals surface area contributed by atoms with E-state index in [0.717, 1.165) is 22.4 Å². The highest BCUT2D eigenvalue weighted by Gasteiger charge is 2.88. The Balaban J connectivity index is 1.32. The minimum atomic E-state index is -5.36. The largest absolute Gasteiger partial charge is 0.490 e. The van der Waals surface area contributed by atoms with Crippen LogP contribution in [-0.2, 0) is 43.1 Å². The van der Waals surface area contributed by atoms with E-state index in [2.05, 4.69) is 20.0 Å². The maximum absolute atomic E-state index is 13.7. The molecule has 3 atom stereocenters. The monoisotopic (exact) mass is 631 g/mol. The van der Waals surface area contributed by atoms with E-state index >= 15 is 0 Å². The minimum Gasteiger partial charge on any atom is -0.441 e. The van der Waals surface area contributed by atoms with Crippen molar-refractivity contribution in [2.75, 3.05) is 19.7 Å². The lowest BCUT2D eigenvalue weighted by atomic mass is 10.0. The molecule has 43 heavy (non-hydrogen) atoms. The molecule has 5 heterocycles. The number of amides is 2. The first kappa shape index (κ1) is 29.5. The fourth-order valence-electron chi connectivity index (χ4n) is 5.91. The zero-order chi connectivity index (χ0) is 31.1. The molecule has 0 bridgehead atoms. The number of pyridine rings is 1. The number of rotatable bonds is 6. The molecule has 3 aliphatic rings. The lowest BCUT2D eigenvalue weighted by molar-refractivity contribution is -0.209. The Labute approximate surface area is 243 Å².